The smallest absolute Gasteiger partial charge is 0.331 e. The molecule has 0 aliphatic rings. The fourth-order valence-electron chi connectivity index (χ4n) is 1.67. The van der Waals surface area contributed by atoms with Crippen LogP contribution in [0.1, 0.15) is 12.5 Å². The largest absolute Gasteiger partial charge is 0.497 e. The molecule has 19 heavy (non-hydrogen) atoms. The van der Waals surface area contributed by atoms with Crippen LogP contribution in [-0.4, -0.2) is 23.2 Å². The monoisotopic (exact) mass is 277 g/mol. The van der Waals surface area contributed by atoms with Gasteiger partial charge in [-0.2, -0.15) is 0 Å². The summed E-state index contributed by atoms with van der Waals surface area (Å²) in [6, 6.07) is 7.22. The van der Waals surface area contributed by atoms with E-state index in [0.29, 0.717) is 11.3 Å². The number of nitrogens with zero attached hydrogens (tertiary/aromatic N) is 1. The van der Waals surface area contributed by atoms with Crippen LogP contribution < -0.4 is 4.74 Å². The second-order valence-electron chi connectivity index (χ2n) is 4.06. The molecule has 1 heterocycles. The summed E-state index contributed by atoms with van der Waals surface area (Å²) in [7, 11) is 1.58. The fourth-order valence-corrected chi connectivity index (χ4v) is 1.87. The topological polar surface area (TPSA) is 59.4 Å². The molecule has 0 spiro atoms. The first kappa shape index (κ1) is 13.4. The highest BCUT2D eigenvalue weighted by Gasteiger charge is 2.07. The predicted molar refractivity (Wildman–Crippen MR) is 74.6 cm³/mol. The molecule has 2 rings (SSSR count). The molecule has 0 unspecified atom stereocenters. The Morgan fingerprint density at radius 2 is 2.16 bits per heavy atom. The van der Waals surface area contributed by atoms with Gasteiger partial charge in [-0.1, -0.05) is 11.6 Å². The van der Waals surface area contributed by atoms with E-state index in [4.69, 9.17) is 21.4 Å². The van der Waals surface area contributed by atoms with Gasteiger partial charge < -0.3 is 9.84 Å². The standard InChI is InChI=1S/C14H12ClNO3/c1-8(14(17)18)5-10-6-9-7-11(19-2)3-4-12(9)16-13(10)15/h3-7H,1-2H3,(H,17,18)/b8-5+. The van der Waals surface area contributed by atoms with E-state index < -0.39 is 5.97 Å². The molecule has 0 radical (unpaired) electrons. The third-order valence-electron chi connectivity index (χ3n) is 2.71. The van der Waals surface area contributed by atoms with E-state index >= 15 is 0 Å². The number of aliphatic carboxylic acids is 1. The highest BCUT2D eigenvalue weighted by Crippen LogP contribution is 2.25. The third kappa shape index (κ3) is 2.85. The summed E-state index contributed by atoms with van der Waals surface area (Å²) in [6.45, 7) is 1.51. The number of ether oxygens (including phenoxy) is 1. The number of halogens is 1. The van der Waals surface area contributed by atoms with Crippen LogP contribution in [0.25, 0.3) is 17.0 Å². The maximum absolute atomic E-state index is 10.8. The Bertz CT molecular complexity index is 680. The number of aromatic nitrogens is 1. The van der Waals surface area contributed by atoms with Gasteiger partial charge in [0.25, 0.3) is 0 Å². The number of hydrogen-bond donors (Lipinski definition) is 1. The molecule has 0 aliphatic carbocycles. The van der Waals surface area contributed by atoms with Crippen LogP contribution in [-0.2, 0) is 4.79 Å². The van der Waals surface area contributed by atoms with Gasteiger partial charge in [-0.15, -0.1) is 0 Å². The van der Waals surface area contributed by atoms with Crippen molar-refractivity contribution in [1.29, 1.82) is 0 Å². The zero-order chi connectivity index (χ0) is 14.0. The van der Waals surface area contributed by atoms with Crippen molar-refractivity contribution in [3.63, 3.8) is 0 Å². The van der Waals surface area contributed by atoms with Crippen LogP contribution in [0, 0.1) is 0 Å². The van der Waals surface area contributed by atoms with Gasteiger partial charge in [0.1, 0.15) is 10.9 Å². The zero-order valence-corrected chi connectivity index (χ0v) is 11.2. The van der Waals surface area contributed by atoms with Crippen molar-refractivity contribution >= 4 is 34.5 Å². The number of methoxy groups -OCH3 is 1. The van der Waals surface area contributed by atoms with Crippen LogP contribution in [0.5, 0.6) is 5.75 Å². The van der Waals surface area contributed by atoms with Crippen LogP contribution in [0.2, 0.25) is 5.15 Å². The van der Waals surface area contributed by atoms with Gasteiger partial charge in [-0.25, -0.2) is 9.78 Å². The first-order valence-electron chi connectivity index (χ1n) is 5.57. The molecule has 0 atom stereocenters. The molecular weight excluding hydrogens is 266 g/mol. The molecule has 98 valence electrons. The Morgan fingerprint density at radius 3 is 2.79 bits per heavy atom. The molecule has 4 nitrogen and oxygen atoms in total. The summed E-state index contributed by atoms with van der Waals surface area (Å²) >= 11 is 6.05. The second-order valence-corrected chi connectivity index (χ2v) is 4.42. The lowest BCUT2D eigenvalue weighted by Gasteiger charge is -2.05. The number of rotatable bonds is 3. The predicted octanol–water partition coefficient (Wildman–Crippen LogP) is 3.38. The number of fused-ring (bicyclic) bond motifs is 1. The molecule has 0 saturated heterocycles. The van der Waals surface area contributed by atoms with Gasteiger partial charge in [0.2, 0.25) is 0 Å². The number of carbonyl (C=O) groups is 1. The van der Waals surface area contributed by atoms with Crippen molar-refractivity contribution in [2.45, 2.75) is 6.92 Å². The summed E-state index contributed by atoms with van der Waals surface area (Å²) in [5.41, 5.74) is 1.50. The molecule has 0 saturated carbocycles. The summed E-state index contributed by atoms with van der Waals surface area (Å²) in [5, 5.41) is 9.99. The van der Waals surface area contributed by atoms with E-state index in [-0.39, 0.29) is 10.7 Å². The Kier molecular flexibility index (Phi) is 3.71. The lowest BCUT2D eigenvalue weighted by atomic mass is 10.1. The zero-order valence-electron chi connectivity index (χ0n) is 10.5. The molecule has 5 heteroatoms. The Balaban J connectivity index is 2.59. The normalized spacial score (nSPS) is 11.6. The number of hydrogen-bond acceptors (Lipinski definition) is 3. The van der Waals surface area contributed by atoms with Crippen LogP contribution >= 0.6 is 11.6 Å². The van der Waals surface area contributed by atoms with Crippen molar-refractivity contribution in [2.24, 2.45) is 0 Å². The van der Waals surface area contributed by atoms with Crippen LogP contribution in [0.3, 0.4) is 0 Å². The van der Waals surface area contributed by atoms with Crippen molar-refractivity contribution < 1.29 is 14.6 Å². The molecule has 1 aromatic carbocycles. The number of carboxylic acid groups (broad SMARTS) is 1. The molecule has 0 bridgehead atoms. The number of carboxylic acids is 1. The minimum absolute atomic E-state index is 0.200. The Hall–Kier alpha value is -2.07. The summed E-state index contributed by atoms with van der Waals surface area (Å²) < 4.78 is 5.14. The quantitative estimate of drug-likeness (QED) is 0.690. The summed E-state index contributed by atoms with van der Waals surface area (Å²) in [4.78, 5) is 15.1. The maximum atomic E-state index is 10.8. The summed E-state index contributed by atoms with van der Waals surface area (Å²) in [5.74, 6) is -0.275. The van der Waals surface area contributed by atoms with Crippen LogP contribution in [0.4, 0.5) is 0 Å². The van der Waals surface area contributed by atoms with E-state index in [0.717, 1.165) is 10.9 Å². The Morgan fingerprint density at radius 1 is 1.42 bits per heavy atom. The molecule has 2 aromatic rings. The summed E-state index contributed by atoms with van der Waals surface area (Å²) in [6.07, 6.45) is 1.50. The minimum atomic E-state index is -0.984. The third-order valence-corrected chi connectivity index (χ3v) is 3.01. The van der Waals surface area contributed by atoms with E-state index in [1.165, 1.54) is 13.0 Å². The Labute approximate surface area is 115 Å². The van der Waals surface area contributed by atoms with Crippen molar-refractivity contribution in [3.8, 4) is 5.75 Å². The highest BCUT2D eigenvalue weighted by molar-refractivity contribution is 6.31. The molecule has 1 aromatic heterocycles. The van der Waals surface area contributed by atoms with Gasteiger partial charge in [0.15, 0.2) is 0 Å². The first-order chi connectivity index (χ1) is 9.01. The molecule has 1 N–H and O–H groups in total. The molecule has 0 amide bonds. The van der Waals surface area contributed by atoms with Crippen molar-refractivity contribution in [1.82, 2.24) is 4.98 Å². The van der Waals surface area contributed by atoms with E-state index in [1.807, 2.05) is 6.07 Å². The van der Waals surface area contributed by atoms with Gasteiger partial charge in [-0.05, 0) is 37.3 Å². The molecule has 0 fully saturated rings. The lowest BCUT2D eigenvalue weighted by Crippen LogP contribution is -1.96. The van der Waals surface area contributed by atoms with Crippen molar-refractivity contribution in [2.75, 3.05) is 7.11 Å². The number of pyridine rings is 1. The van der Waals surface area contributed by atoms with Crippen LogP contribution in [0.15, 0.2) is 29.8 Å². The van der Waals surface area contributed by atoms with Crippen molar-refractivity contribution in [3.05, 3.63) is 40.6 Å². The SMILES string of the molecule is COc1ccc2nc(Cl)c(/C=C(\C)C(=O)O)cc2c1. The van der Waals surface area contributed by atoms with Gasteiger partial charge in [0.05, 0.1) is 12.6 Å². The van der Waals surface area contributed by atoms with E-state index in [2.05, 4.69) is 4.98 Å². The number of benzene rings is 1. The maximum Gasteiger partial charge on any atom is 0.331 e. The fraction of sp³-hybridized carbons (Fsp3) is 0.143. The second kappa shape index (κ2) is 5.28. The first-order valence-corrected chi connectivity index (χ1v) is 5.95. The average molecular weight is 278 g/mol. The van der Waals surface area contributed by atoms with Gasteiger partial charge >= 0.3 is 5.97 Å². The molecular formula is C14H12ClNO3. The average Bonchev–Trinajstić information content (AvgIpc) is 2.38. The van der Waals surface area contributed by atoms with E-state index in [9.17, 15) is 4.79 Å². The highest BCUT2D eigenvalue weighted by atomic mass is 35.5. The van der Waals surface area contributed by atoms with E-state index in [1.54, 1.807) is 25.3 Å². The lowest BCUT2D eigenvalue weighted by molar-refractivity contribution is -0.132. The minimum Gasteiger partial charge on any atom is -0.497 e. The van der Waals surface area contributed by atoms with Gasteiger partial charge in [-0.3, -0.25) is 0 Å². The molecule has 0 aliphatic heterocycles. The van der Waals surface area contributed by atoms with Gasteiger partial charge in [0, 0.05) is 16.5 Å².